The average Bonchev–Trinajstić information content (AvgIpc) is 2.78. The number of fused-ring (bicyclic) bond motifs is 1. The summed E-state index contributed by atoms with van der Waals surface area (Å²) in [5.41, 5.74) is 1.54. The molecule has 1 aromatic heterocycles. The SMILES string of the molecule is COc1cccc(-c2c(S(=O)(=O)c3cccc(C#N)c3)cnc3ccc(F)cc23)c1. The van der Waals surface area contributed by atoms with Crippen LogP contribution in [0.5, 0.6) is 5.75 Å². The van der Waals surface area contributed by atoms with Crippen molar-refractivity contribution in [1.29, 1.82) is 5.26 Å². The van der Waals surface area contributed by atoms with Crippen molar-refractivity contribution in [1.82, 2.24) is 4.98 Å². The molecule has 0 fully saturated rings. The Morgan fingerprint density at radius 2 is 1.83 bits per heavy atom. The third-order valence-electron chi connectivity index (χ3n) is 4.72. The summed E-state index contributed by atoms with van der Waals surface area (Å²) >= 11 is 0. The molecular weight excluding hydrogens is 403 g/mol. The Kier molecular flexibility index (Phi) is 4.94. The summed E-state index contributed by atoms with van der Waals surface area (Å²) in [7, 11) is -2.54. The number of nitriles is 1. The van der Waals surface area contributed by atoms with Gasteiger partial charge in [-0.1, -0.05) is 18.2 Å². The Morgan fingerprint density at radius 3 is 2.60 bits per heavy atom. The van der Waals surface area contributed by atoms with E-state index in [0.717, 1.165) is 0 Å². The zero-order valence-electron chi connectivity index (χ0n) is 15.8. The van der Waals surface area contributed by atoms with Gasteiger partial charge in [-0.05, 0) is 54.1 Å². The molecule has 4 rings (SSSR count). The van der Waals surface area contributed by atoms with Gasteiger partial charge in [0, 0.05) is 17.1 Å². The van der Waals surface area contributed by atoms with Gasteiger partial charge in [-0.2, -0.15) is 5.26 Å². The summed E-state index contributed by atoms with van der Waals surface area (Å²) in [5, 5.41) is 9.51. The lowest BCUT2D eigenvalue weighted by molar-refractivity contribution is 0.415. The van der Waals surface area contributed by atoms with Gasteiger partial charge in [0.15, 0.2) is 0 Å². The van der Waals surface area contributed by atoms with Gasteiger partial charge in [0.05, 0.1) is 34.1 Å². The van der Waals surface area contributed by atoms with Gasteiger partial charge in [-0.3, -0.25) is 4.98 Å². The highest BCUT2D eigenvalue weighted by Crippen LogP contribution is 2.38. The lowest BCUT2D eigenvalue weighted by Gasteiger charge is -2.15. The summed E-state index contributed by atoms with van der Waals surface area (Å²) in [6.07, 6.45) is 1.27. The van der Waals surface area contributed by atoms with Crippen LogP contribution in [0.2, 0.25) is 0 Å². The molecule has 7 heteroatoms. The monoisotopic (exact) mass is 418 g/mol. The molecule has 148 valence electrons. The minimum absolute atomic E-state index is 0.0387. The predicted octanol–water partition coefficient (Wildman–Crippen LogP) is 4.75. The smallest absolute Gasteiger partial charge is 0.208 e. The van der Waals surface area contributed by atoms with Crippen molar-refractivity contribution in [3.05, 3.63) is 84.3 Å². The molecule has 0 saturated carbocycles. The molecule has 30 heavy (non-hydrogen) atoms. The second-order valence-electron chi connectivity index (χ2n) is 6.53. The van der Waals surface area contributed by atoms with Gasteiger partial charge < -0.3 is 4.74 Å². The number of pyridine rings is 1. The topological polar surface area (TPSA) is 80.0 Å². The maximum Gasteiger partial charge on any atom is 0.208 e. The van der Waals surface area contributed by atoms with Crippen LogP contribution < -0.4 is 4.74 Å². The minimum atomic E-state index is -4.05. The van der Waals surface area contributed by atoms with Crippen LogP contribution in [-0.4, -0.2) is 20.5 Å². The molecule has 0 aliphatic rings. The molecule has 3 aromatic carbocycles. The molecule has 0 aliphatic heterocycles. The van der Waals surface area contributed by atoms with E-state index in [-0.39, 0.29) is 15.4 Å². The van der Waals surface area contributed by atoms with Crippen molar-refractivity contribution in [2.24, 2.45) is 0 Å². The van der Waals surface area contributed by atoms with E-state index in [1.54, 1.807) is 24.3 Å². The van der Waals surface area contributed by atoms with E-state index in [0.29, 0.717) is 27.8 Å². The number of nitrogens with zero attached hydrogens (tertiary/aromatic N) is 2. The van der Waals surface area contributed by atoms with Crippen LogP contribution in [-0.2, 0) is 9.84 Å². The van der Waals surface area contributed by atoms with E-state index in [4.69, 9.17) is 10.00 Å². The first-order valence-electron chi connectivity index (χ1n) is 8.92. The number of aromatic nitrogens is 1. The number of hydrogen-bond donors (Lipinski definition) is 0. The first-order valence-corrected chi connectivity index (χ1v) is 10.4. The summed E-state index contributed by atoms with van der Waals surface area (Å²) in [6, 6.07) is 18.6. The molecule has 0 saturated heterocycles. The average molecular weight is 418 g/mol. The number of hydrogen-bond acceptors (Lipinski definition) is 5. The molecule has 1 heterocycles. The number of ether oxygens (including phenoxy) is 1. The van der Waals surface area contributed by atoms with Crippen molar-refractivity contribution in [2.45, 2.75) is 9.79 Å². The summed E-state index contributed by atoms with van der Waals surface area (Å²) in [4.78, 5) is 4.12. The Bertz CT molecular complexity index is 1430. The fraction of sp³-hybridized carbons (Fsp3) is 0.0435. The van der Waals surface area contributed by atoms with Gasteiger partial charge in [0.25, 0.3) is 0 Å². The van der Waals surface area contributed by atoms with Crippen LogP contribution in [0, 0.1) is 17.1 Å². The zero-order valence-corrected chi connectivity index (χ0v) is 16.7. The van der Waals surface area contributed by atoms with Crippen LogP contribution in [0.25, 0.3) is 22.0 Å². The standard InChI is InChI=1S/C23H15FN2O3S/c1-29-18-6-3-5-16(11-18)23-20-12-17(24)8-9-21(20)26-14-22(23)30(27,28)19-7-2-4-15(10-19)13-25/h2-12,14H,1H3. The number of methoxy groups -OCH3 is 1. The molecule has 0 spiro atoms. The van der Waals surface area contributed by atoms with Crippen molar-refractivity contribution >= 4 is 20.7 Å². The number of halogens is 1. The van der Waals surface area contributed by atoms with Gasteiger partial charge in [0.1, 0.15) is 11.6 Å². The Morgan fingerprint density at radius 1 is 1.03 bits per heavy atom. The van der Waals surface area contributed by atoms with Gasteiger partial charge >= 0.3 is 0 Å². The number of sulfone groups is 1. The Balaban J connectivity index is 2.08. The summed E-state index contributed by atoms with van der Waals surface area (Å²) < 4.78 is 46.4. The van der Waals surface area contributed by atoms with E-state index in [9.17, 15) is 12.8 Å². The van der Waals surface area contributed by atoms with Crippen molar-refractivity contribution in [2.75, 3.05) is 7.11 Å². The molecular formula is C23H15FN2O3S. The molecule has 0 bridgehead atoms. The van der Waals surface area contributed by atoms with Crippen molar-refractivity contribution < 1.29 is 17.5 Å². The van der Waals surface area contributed by atoms with Gasteiger partial charge in [-0.25, -0.2) is 12.8 Å². The third-order valence-corrected chi connectivity index (χ3v) is 6.48. The van der Waals surface area contributed by atoms with Crippen molar-refractivity contribution in [3.8, 4) is 22.9 Å². The fourth-order valence-corrected chi connectivity index (χ4v) is 4.77. The normalized spacial score (nSPS) is 11.2. The first kappa shape index (κ1) is 19.6. The molecule has 5 nitrogen and oxygen atoms in total. The zero-order chi connectivity index (χ0) is 21.3. The third kappa shape index (κ3) is 3.38. The number of rotatable bonds is 4. The van der Waals surface area contributed by atoms with Crippen LogP contribution in [0.4, 0.5) is 4.39 Å². The Labute approximate surface area is 172 Å². The largest absolute Gasteiger partial charge is 0.497 e. The maximum absolute atomic E-state index is 14.1. The minimum Gasteiger partial charge on any atom is -0.497 e. The molecule has 0 atom stereocenters. The maximum atomic E-state index is 14.1. The summed E-state index contributed by atoms with van der Waals surface area (Å²) in [6.45, 7) is 0. The van der Waals surface area contributed by atoms with Gasteiger partial charge in [0.2, 0.25) is 9.84 Å². The molecule has 0 unspecified atom stereocenters. The molecule has 4 aromatic rings. The predicted molar refractivity (Wildman–Crippen MR) is 110 cm³/mol. The highest BCUT2D eigenvalue weighted by molar-refractivity contribution is 7.91. The second kappa shape index (κ2) is 7.58. The summed E-state index contributed by atoms with van der Waals surface area (Å²) in [5.74, 6) is 0.0261. The van der Waals surface area contributed by atoms with Crippen LogP contribution in [0.15, 0.2) is 82.7 Å². The lowest BCUT2D eigenvalue weighted by Crippen LogP contribution is -2.06. The van der Waals surface area contributed by atoms with E-state index in [1.807, 2.05) is 6.07 Å². The Hall–Kier alpha value is -3.76. The van der Waals surface area contributed by atoms with E-state index in [1.165, 1.54) is 55.8 Å². The van der Waals surface area contributed by atoms with Gasteiger partial charge in [-0.15, -0.1) is 0 Å². The number of benzene rings is 3. The molecule has 0 amide bonds. The van der Waals surface area contributed by atoms with Crippen LogP contribution in [0.1, 0.15) is 5.56 Å². The quantitative estimate of drug-likeness (QED) is 0.478. The highest BCUT2D eigenvalue weighted by Gasteiger charge is 2.25. The molecule has 0 aliphatic carbocycles. The molecule has 0 N–H and O–H groups in total. The van der Waals surface area contributed by atoms with Crippen molar-refractivity contribution in [3.63, 3.8) is 0 Å². The lowest BCUT2D eigenvalue weighted by atomic mass is 10.0. The van der Waals surface area contributed by atoms with E-state index < -0.39 is 15.7 Å². The van der Waals surface area contributed by atoms with Crippen LogP contribution in [0.3, 0.4) is 0 Å². The second-order valence-corrected chi connectivity index (χ2v) is 8.45. The first-order chi connectivity index (χ1) is 14.4. The highest BCUT2D eigenvalue weighted by atomic mass is 32.2. The molecule has 0 radical (unpaired) electrons. The van der Waals surface area contributed by atoms with E-state index in [2.05, 4.69) is 4.98 Å². The fourth-order valence-electron chi connectivity index (χ4n) is 3.29. The van der Waals surface area contributed by atoms with Crippen LogP contribution >= 0.6 is 0 Å². The van der Waals surface area contributed by atoms with E-state index >= 15 is 0 Å².